The van der Waals surface area contributed by atoms with Crippen LogP contribution in [-0.4, -0.2) is 17.6 Å². The van der Waals surface area contributed by atoms with Crippen molar-refractivity contribution in [2.24, 2.45) is 12.5 Å². The first-order valence-electron chi connectivity index (χ1n) is 19.4. The molecule has 2 aliphatic rings. The summed E-state index contributed by atoms with van der Waals surface area (Å²) in [5.74, 6) is 1.42. The first-order chi connectivity index (χ1) is 25.2. The second-order valence-corrected chi connectivity index (χ2v) is 23.2. The van der Waals surface area contributed by atoms with Gasteiger partial charge in [0.25, 0.3) is 5.82 Å². The molecular formula is C47H52N4OSi+2. The van der Waals surface area contributed by atoms with Crippen LogP contribution < -0.4 is 14.3 Å². The molecule has 53 heavy (non-hydrogen) atoms. The number of pyridine rings is 2. The summed E-state index contributed by atoms with van der Waals surface area (Å²) in [5.41, 5.74) is 16.0. The average molecular weight is 717 g/mol. The van der Waals surface area contributed by atoms with Crippen LogP contribution in [0.3, 0.4) is 0 Å². The Morgan fingerprint density at radius 2 is 1.81 bits per heavy atom. The lowest BCUT2D eigenvalue weighted by atomic mass is 9.77. The molecule has 7 aromatic rings. The maximum absolute atomic E-state index is 6.95. The Labute approximate surface area is 314 Å². The number of fused-ring (bicyclic) bond motifs is 15. The second kappa shape index (κ2) is 11.8. The van der Waals surface area contributed by atoms with E-state index in [-0.39, 0.29) is 11.5 Å². The molecule has 5 nitrogen and oxygen atoms in total. The molecule has 0 spiro atoms. The zero-order valence-corrected chi connectivity index (χ0v) is 33.9. The number of rotatable bonds is 2. The lowest BCUT2D eigenvalue weighted by Crippen LogP contribution is -2.54. The lowest BCUT2D eigenvalue weighted by Gasteiger charge is -2.34. The third-order valence-corrected chi connectivity index (χ3v) is 14.1. The van der Waals surface area contributed by atoms with E-state index in [0.717, 1.165) is 59.4 Å². The predicted molar refractivity (Wildman–Crippen MR) is 221 cm³/mol. The SMILES string of the molecule is C=C1CC2C(CCc3cc(C)c4c(oc5cc(C)ccc54)c3-c3n(C)c4cnccc4[n+]31)c1ccccc1-c1cc(CC(C)(C)C)c([Si](C)(C)C)c[n+]12. The fraction of sp³-hybridized carbons (Fsp3) is 0.340. The summed E-state index contributed by atoms with van der Waals surface area (Å²) in [7, 11) is 0.478. The molecule has 0 bridgehead atoms. The van der Waals surface area contributed by atoms with Gasteiger partial charge in [-0.3, -0.25) is 4.98 Å². The van der Waals surface area contributed by atoms with Gasteiger partial charge in [-0.25, -0.2) is 4.57 Å². The highest BCUT2D eigenvalue weighted by Gasteiger charge is 2.45. The van der Waals surface area contributed by atoms with Crippen molar-refractivity contribution in [3.8, 4) is 22.6 Å². The molecule has 0 amide bonds. The van der Waals surface area contributed by atoms with Crippen LogP contribution in [0.2, 0.25) is 19.6 Å². The minimum absolute atomic E-state index is 0.195. The molecule has 0 saturated heterocycles. The monoisotopic (exact) mass is 716 g/mol. The number of aromatic nitrogens is 4. The Kier molecular flexibility index (Phi) is 7.60. The Morgan fingerprint density at radius 1 is 1.02 bits per heavy atom. The zero-order valence-electron chi connectivity index (χ0n) is 32.9. The Hall–Kier alpha value is -4.81. The number of imidazole rings is 1. The number of hydrogen-bond donors (Lipinski definition) is 0. The van der Waals surface area contributed by atoms with Crippen LogP contribution in [0.1, 0.15) is 73.4 Å². The van der Waals surface area contributed by atoms with Gasteiger partial charge >= 0.3 is 0 Å². The van der Waals surface area contributed by atoms with E-state index < -0.39 is 8.07 Å². The highest BCUT2D eigenvalue weighted by molar-refractivity contribution is 6.89. The van der Waals surface area contributed by atoms with Crippen molar-refractivity contribution >= 4 is 51.9 Å². The molecule has 9 rings (SSSR count). The summed E-state index contributed by atoms with van der Waals surface area (Å²) in [4.78, 5) is 4.60. The van der Waals surface area contributed by atoms with Gasteiger partial charge in [-0.2, -0.15) is 9.13 Å². The summed E-state index contributed by atoms with van der Waals surface area (Å²) in [6.45, 7) is 24.0. The topological polar surface area (TPSA) is 38.7 Å². The zero-order chi connectivity index (χ0) is 37.1. The number of nitrogens with zero attached hydrogens (tertiary/aromatic N) is 4. The normalized spacial score (nSPS) is 17.4. The molecule has 4 aromatic heterocycles. The smallest absolute Gasteiger partial charge is 0.298 e. The number of hydrogen-bond acceptors (Lipinski definition) is 2. The molecular weight excluding hydrogens is 665 g/mol. The number of benzene rings is 3. The van der Waals surface area contributed by atoms with Crippen molar-refractivity contribution in [1.82, 2.24) is 9.55 Å². The van der Waals surface area contributed by atoms with E-state index in [0.29, 0.717) is 5.92 Å². The predicted octanol–water partition coefficient (Wildman–Crippen LogP) is 10.3. The third-order valence-electron chi connectivity index (χ3n) is 12.0. The van der Waals surface area contributed by atoms with Gasteiger partial charge in [0.1, 0.15) is 16.8 Å². The minimum Gasteiger partial charge on any atom is -0.455 e. The summed E-state index contributed by atoms with van der Waals surface area (Å²) in [5, 5.41) is 3.95. The van der Waals surface area contributed by atoms with Crippen LogP contribution in [0.5, 0.6) is 0 Å². The number of allylic oxidation sites excluding steroid dienone is 1. The third kappa shape index (κ3) is 5.35. The molecule has 0 saturated carbocycles. The van der Waals surface area contributed by atoms with Crippen molar-refractivity contribution in [3.05, 3.63) is 114 Å². The second-order valence-electron chi connectivity index (χ2n) is 18.2. The van der Waals surface area contributed by atoms with Gasteiger partial charge < -0.3 is 4.42 Å². The standard InChI is InChI=1S/C47H52N4OSi/c1-28-15-17-36-41(21-28)52-45-43(36)29(2)22-31-16-18-35-33-13-11-12-14-34(33)39-24-32(25-47(4,5)6)42(53(8,9)10)27-50(39)38(35)23-30(3)51-37-19-20-48-26-40(37)49(7)46(51)44(31)45/h11-15,17,19-22,24,26-27,35,38H,3,16,18,23,25H2,1-2,4-10H3/q+2. The van der Waals surface area contributed by atoms with E-state index in [9.17, 15) is 0 Å². The van der Waals surface area contributed by atoms with E-state index in [2.05, 4.69) is 147 Å². The van der Waals surface area contributed by atoms with Gasteiger partial charge in [0, 0.05) is 45.8 Å². The number of furan rings is 1. The molecule has 6 heterocycles. The number of aryl methyl sites for hydroxylation is 4. The molecule has 0 fully saturated rings. The highest BCUT2D eigenvalue weighted by atomic mass is 28.3. The van der Waals surface area contributed by atoms with Crippen LogP contribution in [0.15, 0.2) is 90.3 Å². The van der Waals surface area contributed by atoms with E-state index in [1.807, 2.05) is 12.4 Å². The fourth-order valence-electron chi connectivity index (χ4n) is 9.75. The summed E-state index contributed by atoms with van der Waals surface area (Å²) >= 11 is 0. The molecule has 0 radical (unpaired) electrons. The van der Waals surface area contributed by atoms with Crippen LogP contribution in [0.4, 0.5) is 0 Å². The van der Waals surface area contributed by atoms with Gasteiger partial charge in [0.2, 0.25) is 5.69 Å². The largest absolute Gasteiger partial charge is 0.455 e. The first kappa shape index (κ1) is 34.0. The van der Waals surface area contributed by atoms with E-state index >= 15 is 0 Å². The maximum Gasteiger partial charge on any atom is 0.298 e. The van der Waals surface area contributed by atoms with Crippen molar-refractivity contribution < 1.29 is 13.6 Å². The Bertz CT molecular complexity index is 2660. The van der Waals surface area contributed by atoms with Gasteiger partial charge in [-0.1, -0.05) is 83.4 Å². The molecule has 3 aromatic carbocycles. The lowest BCUT2D eigenvalue weighted by molar-refractivity contribution is -0.719. The van der Waals surface area contributed by atoms with Crippen molar-refractivity contribution in [1.29, 1.82) is 0 Å². The van der Waals surface area contributed by atoms with Crippen LogP contribution in [0, 0.1) is 19.3 Å². The fourth-order valence-corrected chi connectivity index (χ4v) is 11.4. The van der Waals surface area contributed by atoms with Crippen LogP contribution in [-0.2, 0) is 19.9 Å². The average Bonchev–Trinajstić information content (AvgIpc) is 3.61. The van der Waals surface area contributed by atoms with Gasteiger partial charge in [0.05, 0.1) is 27.7 Å². The van der Waals surface area contributed by atoms with Crippen LogP contribution >= 0.6 is 0 Å². The Morgan fingerprint density at radius 3 is 2.58 bits per heavy atom. The quantitative estimate of drug-likeness (QED) is 0.132. The molecule has 6 heteroatoms. The minimum atomic E-state index is -1.70. The molecule has 2 atom stereocenters. The van der Waals surface area contributed by atoms with Crippen molar-refractivity contribution in [2.75, 3.05) is 0 Å². The molecule has 2 unspecified atom stereocenters. The molecule has 0 N–H and O–H groups in total. The molecule has 268 valence electrons. The maximum atomic E-state index is 6.95. The van der Waals surface area contributed by atoms with Gasteiger partial charge in [-0.05, 0) is 78.5 Å². The van der Waals surface area contributed by atoms with Gasteiger partial charge in [0.15, 0.2) is 28.9 Å². The first-order valence-corrected chi connectivity index (χ1v) is 22.9. The Balaban J connectivity index is 1.33. The molecule has 2 aliphatic heterocycles. The van der Waals surface area contributed by atoms with Gasteiger partial charge in [-0.15, -0.1) is 0 Å². The van der Waals surface area contributed by atoms with E-state index in [4.69, 9.17) is 11.0 Å². The summed E-state index contributed by atoms with van der Waals surface area (Å²) in [6, 6.07) is 23.2. The van der Waals surface area contributed by atoms with E-state index in [1.54, 1.807) is 5.19 Å². The molecule has 0 aliphatic carbocycles. The van der Waals surface area contributed by atoms with Crippen molar-refractivity contribution in [3.63, 3.8) is 0 Å². The highest BCUT2D eigenvalue weighted by Crippen LogP contribution is 2.47. The van der Waals surface area contributed by atoms with Crippen molar-refractivity contribution in [2.45, 2.75) is 91.9 Å². The van der Waals surface area contributed by atoms with E-state index in [1.165, 1.54) is 55.4 Å². The summed E-state index contributed by atoms with van der Waals surface area (Å²) < 4.78 is 14.4. The summed E-state index contributed by atoms with van der Waals surface area (Å²) in [6.07, 6.45) is 10.3. The van der Waals surface area contributed by atoms with Crippen LogP contribution in [0.25, 0.3) is 61.3 Å².